The Morgan fingerprint density at radius 2 is 1.85 bits per heavy atom. The third-order valence-corrected chi connectivity index (χ3v) is 2.67. The fourth-order valence-electron chi connectivity index (χ4n) is 1.61. The van der Waals surface area contributed by atoms with Crippen LogP contribution in [0.4, 0.5) is 0 Å². The molecular formula is C15H14O5. The van der Waals surface area contributed by atoms with Crippen LogP contribution in [-0.2, 0) is 4.79 Å². The molecule has 5 nitrogen and oxygen atoms in total. The number of aromatic hydroxyl groups is 1. The molecule has 1 aromatic carbocycles. The molecule has 0 amide bonds. The van der Waals surface area contributed by atoms with E-state index >= 15 is 0 Å². The van der Waals surface area contributed by atoms with Crippen LogP contribution >= 0.6 is 0 Å². The molecule has 0 heterocycles. The highest BCUT2D eigenvalue weighted by molar-refractivity contribution is 5.84. The van der Waals surface area contributed by atoms with Gasteiger partial charge in [-0.05, 0) is 42.0 Å². The number of esters is 1. The first-order valence-corrected chi connectivity index (χ1v) is 6.00. The van der Waals surface area contributed by atoms with E-state index in [9.17, 15) is 15.0 Å². The Balaban J connectivity index is 1.95. The second kappa shape index (κ2) is 6.18. The minimum absolute atomic E-state index is 0.0883. The fourth-order valence-corrected chi connectivity index (χ4v) is 1.61. The molecule has 2 rings (SSSR count). The highest BCUT2D eigenvalue weighted by Gasteiger charge is 2.14. The molecule has 0 saturated heterocycles. The number of aliphatic hydroxyl groups is 2. The second-order valence-electron chi connectivity index (χ2n) is 4.26. The zero-order chi connectivity index (χ0) is 14.5. The summed E-state index contributed by atoms with van der Waals surface area (Å²) in [6.07, 6.45) is 5.28. The molecular weight excluding hydrogens is 260 g/mol. The quantitative estimate of drug-likeness (QED) is 0.436. The maximum Gasteiger partial charge on any atom is 0.336 e. The van der Waals surface area contributed by atoms with Gasteiger partial charge in [0, 0.05) is 6.08 Å². The number of hydrogen-bond acceptors (Lipinski definition) is 5. The van der Waals surface area contributed by atoms with Crippen LogP contribution in [0.25, 0.3) is 0 Å². The van der Waals surface area contributed by atoms with Crippen LogP contribution < -0.4 is 4.74 Å². The Bertz CT molecular complexity index is 568. The average molecular weight is 274 g/mol. The number of ether oxygens (including phenoxy) is 1. The van der Waals surface area contributed by atoms with Crippen LogP contribution in [0.5, 0.6) is 11.5 Å². The molecule has 104 valence electrons. The molecule has 5 heteroatoms. The van der Waals surface area contributed by atoms with E-state index in [0.717, 1.165) is 0 Å². The van der Waals surface area contributed by atoms with Crippen molar-refractivity contribution in [3.05, 3.63) is 60.2 Å². The first kappa shape index (κ1) is 14.0. The molecule has 2 atom stereocenters. The van der Waals surface area contributed by atoms with Crippen molar-refractivity contribution in [2.75, 3.05) is 0 Å². The van der Waals surface area contributed by atoms with Crippen molar-refractivity contribution < 1.29 is 24.9 Å². The normalized spacial score (nSPS) is 21.8. The van der Waals surface area contributed by atoms with Crippen LogP contribution in [-0.4, -0.2) is 33.5 Å². The molecule has 1 aliphatic rings. The zero-order valence-electron chi connectivity index (χ0n) is 10.5. The van der Waals surface area contributed by atoms with Crippen molar-refractivity contribution in [2.45, 2.75) is 12.2 Å². The smallest absolute Gasteiger partial charge is 0.336 e. The average Bonchev–Trinajstić information content (AvgIpc) is 2.43. The summed E-state index contributed by atoms with van der Waals surface area (Å²) in [5, 5.41) is 27.8. The van der Waals surface area contributed by atoms with Crippen LogP contribution in [0.3, 0.4) is 0 Å². The van der Waals surface area contributed by atoms with Gasteiger partial charge in [-0.2, -0.15) is 0 Å². The van der Waals surface area contributed by atoms with Gasteiger partial charge >= 0.3 is 5.97 Å². The molecule has 0 fully saturated rings. The number of benzene rings is 1. The van der Waals surface area contributed by atoms with Crippen LogP contribution in [0, 0.1) is 0 Å². The number of carbonyl (C=O) groups is 1. The summed E-state index contributed by atoms with van der Waals surface area (Å²) in [4.78, 5) is 11.6. The predicted molar refractivity (Wildman–Crippen MR) is 72.1 cm³/mol. The van der Waals surface area contributed by atoms with Gasteiger partial charge in [0.15, 0.2) is 0 Å². The number of allylic oxidation sites excluding steroid dienone is 3. The van der Waals surface area contributed by atoms with Gasteiger partial charge < -0.3 is 20.1 Å². The molecule has 0 spiro atoms. The summed E-state index contributed by atoms with van der Waals surface area (Å²) in [5.41, 5.74) is 0.602. The van der Waals surface area contributed by atoms with E-state index in [1.165, 1.54) is 48.6 Å². The summed E-state index contributed by atoms with van der Waals surface area (Å²) in [6.45, 7) is 0. The fraction of sp³-hybridized carbons (Fsp3) is 0.133. The molecule has 0 saturated carbocycles. The summed E-state index contributed by atoms with van der Waals surface area (Å²) in [7, 11) is 0. The Kier molecular flexibility index (Phi) is 4.34. The molecule has 0 aromatic heterocycles. The predicted octanol–water partition coefficient (Wildman–Crippen LogP) is 1.07. The number of phenolic OH excluding ortho intramolecular Hbond substituents is 1. The van der Waals surface area contributed by atoms with Crippen LogP contribution in [0.2, 0.25) is 0 Å². The first-order chi connectivity index (χ1) is 9.54. The van der Waals surface area contributed by atoms with Gasteiger partial charge in [-0.25, -0.2) is 4.79 Å². The third-order valence-electron chi connectivity index (χ3n) is 2.67. The van der Waals surface area contributed by atoms with Gasteiger partial charge in [0.1, 0.15) is 23.7 Å². The molecule has 0 bridgehead atoms. The topological polar surface area (TPSA) is 87.0 Å². The van der Waals surface area contributed by atoms with Crippen molar-refractivity contribution in [3.8, 4) is 11.5 Å². The molecule has 0 radical (unpaired) electrons. The van der Waals surface area contributed by atoms with E-state index in [2.05, 4.69) is 0 Å². The van der Waals surface area contributed by atoms with E-state index in [4.69, 9.17) is 9.84 Å². The van der Waals surface area contributed by atoms with Gasteiger partial charge in [-0.3, -0.25) is 0 Å². The van der Waals surface area contributed by atoms with Gasteiger partial charge in [-0.15, -0.1) is 0 Å². The van der Waals surface area contributed by atoms with E-state index in [0.29, 0.717) is 11.3 Å². The lowest BCUT2D eigenvalue weighted by molar-refractivity contribution is -0.129. The number of aliphatic hydroxyl groups excluding tert-OH is 2. The number of phenols is 1. The highest BCUT2D eigenvalue weighted by Crippen LogP contribution is 2.16. The summed E-state index contributed by atoms with van der Waals surface area (Å²) >= 11 is 0. The van der Waals surface area contributed by atoms with E-state index < -0.39 is 18.2 Å². The van der Waals surface area contributed by atoms with Gasteiger partial charge in [-0.1, -0.05) is 12.2 Å². The lowest BCUT2D eigenvalue weighted by Gasteiger charge is -2.15. The monoisotopic (exact) mass is 274 g/mol. The van der Waals surface area contributed by atoms with E-state index in [1.54, 1.807) is 6.08 Å². The van der Waals surface area contributed by atoms with E-state index in [1.807, 2.05) is 0 Å². The Morgan fingerprint density at radius 1 is 1.15 bits per heavy atom. The standard InChI is InChI=1S/C15H14O5/c16-11-3-5-12(6-4-11)20-15(19)8-2-10-1-7-13(17)14(18)9-10/h1-9,13-14,16-18H/b8-2+. The van der Waals surface area contributed by atoms with Gasteiger partial charge in [0.25, 0.3) is 0 Å². The molecule has 2 unspecified atom stereocenters. The maximum absolute atomic E-state index is 11.6. The number of hydrogen-bond donors (Lipinski definition) is 3. The summed E-state index contributed by atoms with van der Waals surface area (Å²) in [5.74, 6) is -0.169. The SMILES string of the molecule is O=C(/C=C/C1=CC(O)C(O)C=C1)Oc1ccc(O)cc1. The van der Waals surface area contributed by atoms with Crippen LogP contribution in [0.15, 0.2) is 60.2 Å². The Morgan fingerprint density at radius 3 is 2.50 bits per heavy atom. The van der Waals surface area contributed by atoms with Crippen molar-refractivity contribution in [1.82, 2.24) is 0 Å². The number of rotatable bonds is 3. The lowest BCUT2D eigenvalue weighted by atomic mass is 10.0. The maximum atomic E-state index is 11.6. The van der Waals surface area contributed by atoms with Crippen molar-refractivity contribution in [1.29, 1.82) is 0 Å². The zero-order valence-corrected chi connectivity index (χ0v) is 10.5. The highest BCUT2D eigenvalue weighted by atomic mass is 16.5. The molecule has 1 aliphatic carbocycles. The first-order valence-electron chi connectivity index (χ1n) is 6.00. The lowest BCUT2D eigenvalue weighted by Crippen LogP contribution is -2.23. The summed E-state index contributed by atoms with van der Waals surface area (Å²) in [6, 6.07) is 5.77. The third kappa shape index (κ3) is 3.81. The molecule has 3 N–H and O–H groups in total. The molecule has 20 heavy (non-hydrogen) atoms. The van der Waals surface area contributed by atoms with Crippen molar-refractivity contribution >= 4 is 5.97 Å². The number of carbonyl (C=O) groups excluding carboxylic acids is 1. The van der Waals surface area contributed by atoms with Crippen molar-refractivity contribution in [3.63, 3.8) is 0 Å². The Hall–Kier alpha value is -2.37. The van der Waals surface area contributed by atoms with Gasteiger partial charge in [0.2, 0.25) is 0 Å². The summed E-state index contributed by atoms with van der Waals surface area (Å²) < 4.78 is 5.01. The Labute approximate surface area is 115 Å². The molecule has 1 aromatic rings. The molecule has 0 aliphatic heterocycles. The van der Waals surface area contributed by atoms with Crippen molar-refractivity contribution in [2.24, 2.45) is 0 Å². The minimum atomic E-state index is -0.979. The largest absolute Gasteiger partial charge is 0.508 e. The second-order valence-corrected chi connectivity index (χ2v) is 4.26. The van der Waals surface area contributed by atoms with Gasteiger partial charge in [0.05, 0.1) is 0 Å². The van der Waals surface area contributed by atoms with E-state index in [-0.39, 0.29) is 5.75 Å². The minimum Gasteiger partial charge on any atom is -0.508 e. The van der Waals surface area contributed by atoms with Crippen LogP contribution in [0.1, 0.15) is 0 Å².